The van der Waals surface area contributed by atoms with Crippen molar-refractivity contribution in [2.24, 2.45) is 11.3 Å². The maximum atomic E-state index is 12.8. The van der Waals surface area contributed by atoms with Crippen molar-refractivity contribution in [1.82, 2.24) is 9.97 Å². The molecule has 118 valence electrons. The minimum absolute atomic E-state index is 0.0298. The van der Waals surface area contributed by atoms with Crippen LogP contribution >= 0.6 is 0 Å². The summed E-state index contributed by atoms with van der Waals surface area (Å²) in [6, 6.07) is 1.46. The van der Waals surface area contributed by atoms with Gasteiger partial charge in [0.15, 0.2) is 0 Å². The summed E-state index contributed by atoms with van der Waals surface area (Å²) in [5.41, 5.74) is 2.33. The number of aromatic nitrogens is 2. The second-order valence-electron chi connectivity index (χ2n) is 5.46. The molecular formula is C13H20F3N5. The van der Waals surface area contributed by atoms with E-state index in [9.17, 15) is 13.2 Å². The first kappa shape index (κ1) is 15.8. The van der Waals surface area contributed by atoms with Crippen LogP contribution in [0.5, 0.6) is 0 Å². The first-order chi connectivity index (χ1) is 9.83. The van der Waals surface area contributed by atoms with Crippen LogP contribution < -0.4 is 16.2 Å². The highest BCUT2D eigenvalue weighted by Crippen LogP contribution is 2.39. The number of nitrogens with two attached hydrogens (primary N) is 1. The average molecular weight is 303 g/mol. The highest BCUT2D eigenvalue weighted by molar-refractivity contribution is 5.50. The van der Waals surface area contributed by atoms with Gasteiger partial charge in [-0.25, -0.2) is 15.8 Å². The highest BCUT2D eigenvalue weighted by Gasteiger charge is 2.38. The molecule has 0 unspecified atom stereocenters. The van der Waals surface area contributed by atoms with Crippen LogP contribution in [0.4, 0.5) is 24.8 Å². The summed E-state index contributed by atoms with van der Waals surface area (Å²) >= 11 is 0. The van der Waals surface area contributed by atoms with E-state index < -0.39 is 12.0 Å². The van der Waals surface area contributed by atoms with Gasteiger partial charge in [0.25, 0.3) is 0 Å². The zero-order valence-corrected chi connectivity index (χ0v) is 12.2. The molecule has 0 atom stereocenters. The monoisotopic (exact) mass is 303 g/mol. The van der Waals surface area contributed by atoms with E-state index in [4.69, 9.17) is 5.84 Å². The summed E-state index contributed by atoms with van der Waals surface area (Å²) in [5.74, 6) is 4.28. The standard InChI is InChI=1S/C13H20F3N5/c1-3-12(4-2)5-6-21(8-12)10-7-9(20-17)18-11(19-10)13(14,15)16/h7H,3-6,8,17H2,1-2H3,(H,18,19,20). The van der Waals surface area contributed by atoms with Crippen LogP contribution in [-0.4, -0.2) is 23.1 Å². The Hall–Kier alpha value is -1.57. The average Bonchev–Trinajstić information content (AvgIpc) is 2.91. The SMILES string of the molecule is CCC1(CC)CCN(c2cc(NN)nc(C(F)(F)F)n2)C1. The lowest BCUT2D eigenvalue weighted by atomic mass is 9.82. The molecular weight excluding hydrogens is 283 g/mol. The van der Waals surface area contributed by atoms with E-state index in [0.29, 0.717) is 13.1 Å². The number of hydrogen-bond donors (Lipinski definition) is 2. The number of hydrazine groups is 1. The van der Waals surface area contributed by atoms with Crippen LogP contribution in [0.1, 0.15) is 38.9 Å². The van der Waals surface area contributed by atoms with Crippen molar-refractivity contribution in [3.63, 3.8) is 0 Å². The van der Waals surface area contributed by atoms with Gasteiger partial charge >= 0.3 is 6.18 Å². The number of alkyl halides is 3. The lowest BCUT2D eigenvalue weighted by molar-refractivity contribution is -0.144. The van der Waals surface area contributed by atoms with Gasteiger partial charge in [-0.1, -0.05) is 13.8 Å². The molecule has 0 radical (unpaired) electrons. The van der Waals surface area contributed by atoms with Gasteiger partial charge < -0.3 is 10.3 Å². The number of halogens is 3. The lowest BCUT2D eigenvalue weighted by Crippen LogP contribution is -2.28. The van der Waals surface area contributed by atoms with Crippen LogP contribution in [0.2, 0.25) is 0 Å². The third kappa shape index (κ3) is 3.20. The number of anilines is 2. The van der Waals surface area contributed by atoms with Crippen molar-refractivity contribution in [2.75, 3.05) is 23.4 Å². The summed E-state index contributed by atoms with van der Waals surface area (Å²) in [4.78, 5) is 8.92. The van der Waals surface area contributed by atoms with Crippen LogP contribution in [-0.2, 0) is 6.18 Å². The molecule has 0 bridgehead atoms. The van der Waals surface area contributed by atoms with Crippen molar-refractivity contribution in [2.45, 2.75) is 39.3 Å². The molecule has 0 spiro atoms. The Morgan fingerprint density at radius 3 is 2.48 bits per heavy atom. The van der Waals surface area contributed by atoms with Crippen LogP contribution in [0.25, 0.3) is 0 Å². The van der Waals surface area contributed by atoms with Gasteiger partial charge in [0, 0.05) is 19.2 Å². The molecule has 1 aliphatic heterocycles. The van der Waals surface area contributed by atoms with E-state index >= 15 is 0 Å². The molecule has 1 fully saturated rings. The van der Waals surface area contributed by atoms with Crippen molar-refractivity contribution in [1.29, 1.82) is 0 Å². The molecule has 1 aliphatic rings. The van der Waals surface area contributed by atoms with E-state index in [0.717, 1.165) is 19.3 Å². The van der Waals surface area contributed by atoms with Gasteiger partial charge in [0.2, 0.25) is 5.82 Å². The van der Waals surface area contributed by atoms with E-state index in [1.165, 1.54) is 6.07 Å². The second kappa shape index (κ2) is 5.67. The topological polar surface area (TPSA) is 67.1 Å². The van der Waals surface area contributed by atoms with E-state index in [1.807, 2.05) is 4.90 Å². The van der Waals surface area contributed by atoms with Crippen LogP contribution in [0.3, 0.4) is 0 Å². The van der Waals surface area contributed by atoms with Crippen LogP contribution in [0, 0.1) is 5.41 Å². The molecule has 3 N–H and O–H groups in total. The molecule has 0 amide bonds. The fraction of sp³-hybridized carbons (Fsp3) is 0.692. The zero-order chi connectivity index (χ0) is 15.7. The Balaban J connectivity index is 2.32. The quantitative estimate of drug-likeness (QED) is 0.661. The Morgan fingerprint density at radius 1 is 1.33 bits per heavy atom. The van der Waals surface area contributed by atoms with Crippen molar-refractivity contribution < 1.29 is 13.2 Å². The Morgan fingerprint density at radius 2 is 2.00 bits per heavy atom. The fourth-order valence-corrected chi connectivity index (χ4v) is 2.75. The molecule has 0 saturated carbocycles. The maximum Gasteiger partial charge on any atom is 0.451 e. The first-order valence-corrected chi connectivity index (χ1v) is 7.01. The first-order valence-electron chi connectivity index (χ1n) is 7.01. The third-order valence-corrected chi connectivity index (χ3v) is 4.38. The number of hydrogen-bond acceptors (Lipinski definition) is 5. The highest BCUT2D eigenvalue weighted by atomic mass is 19.4. The number of rotatable bonds is 4. The summed E-state index contributed by atoms with van der Waals surface area (Å²) < 4.78 is 38.5. The second-order valence-corrected chi connectivity index (χ2v) is 5.46. The number of nitrogens with zero attached hydrogens (tertiary/aromatic N) is 3. The van der Waals surface area contributed by atoms with Crippen molar-refractivity contribution >= 4 is 11.6 Å². The summed E-state index contributed by atoms with van der Waals surface area (Å²) in [7, 11) is 0. The molecule has 8 heteroatoms. The van der Waals surface area contributed by atoms with Gasteiger partial charge in [-0.05, 0) is 24.7 Å². The minimum Gasteiger partial charge on any atom is -0.356 e. The van der Waals surface area contributed by atoms with Gasteiger partial charge in [0.1, 0.15) is 11.6 Å². The predicted octanol–water partition coefficient (Wildman–Crippen LogP) is 2.80. The van der Waals surface area contributed by atoms with E-state index in [1.54, 1.807) is 0 Å². The zero-order valence-electron chi connectivity index (χ0n) is 12.2. The van der Waals surface area contributed by atoms with E-state index in [-0.39, 0.29) is 17.1 Å². The summed E-state index contributed by atoms with van der Waals surface area (Å²) in [5, 5.41) is 0. The molecule has 1 saturated heterocycles. The number of nitrogens with one attached hydrogen (secondary N) is 1. The van der Waals surface area contributed by atoms with Crippen LogP contribution in [0.15, 0.2) is 6.07 Å². The largest absolute Gasteiger partial charge is 0.451 e. The van der Waals surface area contributed by atoms with Gasteiger partial charge in [0.05, 0.1) is 0 Å². The maximum absolute atomic E-state index is 12.8. The lowest BCUT2D eigenvalue weighted by Gasteiger charge is -2.27. The Kier molecular flexibility index (Phi) is 4.27. The summed E-state index contributed by atoms with van der Waals surface area (Å²) in [6.07, 6.45) is -1.64. The predicted molar refractivity (Wildman–Crippen MR) is 74.7 cm³/mol. The molecule has 2 heterocycles. The Bertz CT molecular complexity index is 499. The normalized spacial score (nSPS) is 18.1. The third-order valence-electron chi connectivity index (χ3n) is 4.38. The van der Waals surface area contributed by atoms with Gasteiger partial charge in [-0.15, -0.1) is 0 Å². The molecule has 0 aliphatic carbocycles. The van der Waals surface area contributed by atoms with E-state index in [2.05, 4.69) is 29.2 Å². The van der Waals surface area contributed by atoms with Crippen molar-refractivity contribution in [3.8, 4) is 0 Å². The molecule has 5 nitrogen and oxygen atoms in total. The molecule has 0 aromatic carbocycles. The van der Waals surface area contributed by atoms with Crippen molar-refractivity contribution in [3.05, 3.63) is 11.9 Å². The fourth-order valence-electron chi connectivity index (χ4n) is 2.75. The summed E-state index contributed by atoms with van der Waals surface area (Å²) in [6.45, 7) is 5.63. The molecule has 2 rings (SSSR count). The molecule has 21 heavy (non-hydrogen) atoms. The molecule has 1 aromatic rings. The van der Waals surface area contributed by atoms with Gasteiger partial charge in [-0.3, -0.25) is 0 Å². The van der Waals surface area contributed by atoms with Gasteiger partial charge in [-0.2, -0.15) is 13.2 Å². The number of nitrogen functional groups attached to an aromatic ring is 1. The smallest absolute Gasteiger partial charge is 0.356 e. The minimum atomic E-state index is -4.59. The molecule has 1 aromatic heterocycles. The Labute approximate surface area is 121 Å².